The maximum absolute atomic E-state index is 12.7. The summed E-state index contributed by atoms with van der Waals surface area (Å²) in [5, 5.41) is 13.0. The number of hydrogen-bond acceptors (Lipinski definition) is 3. The van der Waals surface area contributed by atoms with E-state index < -0.39 is 0 Å². The molecule has 0 saturated heterocycles. The van der Waals surface area contributed by atoms with Crippen molar-refractivity contribution in [2.75, 3.05) is 0 Å². The summed E-state index contributed by atoms with van der Waals surface area (Å²) in [6.45, 7) is 3.51. The van der Waals surface area contributed by atoms with Gasteiger partial charge in [0.1, 0.15) is 23.0 Å². The van der Waals surface area contributed by atoms with Crippen LogP contribution in [0.25, 0.3) is 5.88 Å². The van der Waals surface area contributed by atoms with Crippen LogP contribution in [0.15, 0.2) is 53.2 Å². The first-order chi connectivity index (χ1) is 12.0. The number of benzene rings is 1. The van der Waals surface area contributed by atoms with Gasteiger partial charge in [0.25, 0.3) is 5.91 Å². The van der Waals surface area contributed by atoms with E-state index in [0.717, 1.165) is 5.56 Å². The van der Waals surface area contributed by atoms with Gasteiger partial charge >= 0.3 is 0 Å². The fourth-order valence-corrected chi connectivity index (χ4v) is 3.03. The van der Waals surface area contributed by atoms with Crippen LogP contribution in [0.3, 0.4) is 0 Å². The monoisotopic (exact) mass is 353 g/mol. The van der Waals surface area contributed by atoms with Crippen molar-refractivity contribution in [3.63, 3.8) is 0 Å². The van der Waals surface area contributed by atoms with Gasteiger partial charge in [-0.3, -0.25) is 9.36 Å². The van der Waals surface area contributed by atoms with E-state index in [9.17, 15) is 10.1 Å². The molecule has 1 amide bonds. The molecule has 0 aliphatic carbocycles. The van der Waals surface area contributed by atoms with Crippen LogP contribution in [-0.4, -0.2) is 10.5 Å². The lowest BCUT2D eigenvalue weighted by Crippen LogP contribution is -2.27. The Balaban J connectivity index is 1.93. The zero-order valence-corrected chi connectivity index (χ0v) is 14.5. The Morgan fingerprint density at radius 2 is 1.96 bits per heavy atom. The van der Waals surface area contributed by atoms with Crippen molar-refractivity contribution in [1.29, 1.82) is 5.26 Å². The fourth-order valence-electron chi connectivity index (χ4n) is 2.73. The molecule has 2 heterocycles. The summed E-state index contributed by atoms with van der Waals surface area (Å²) >= 11 is 6.18. The van der Waals surface area contributed by atoms with Crippen LogP contribution < -0.4 is 5.32 Å². The number of furan rings is 1. The lowest BCUT2D eigenvalue weighted by atomic mass is 10.1. The number of carbonyl (C=O) groups excluding carboxylic acids is 1. The minimum atomic E-state index is -0.372. The Hall–Kier alpha value is -2.97. The second kappa shape index (κ2) is 6.88. The number of aromatic nitrogens is 1. The summed E-state index contributed by atoms with van der Waals surface area (Å²) in [6.07, 6.45) is 3.51. The first-order valence-electron chi connectivity index (χ1n) is 7.75. The highest BCUT2D eigenvalue weighted by molar-refractivity contribution is 6.31. The first kappa shape index (κ1) is 16.9. The van der Waals surface area contributed by atoms with Gasteiger partial charge in [-0.15, -0.1) is 0 Å². The molecule has 2 aromatic heterocycles. The van der Waals surface area contributed by atoms with Crippen molar-refractivity contribution in [2.24, 2.45) is 0 Å². The van der Waals surface area contributed by atoms with Gasteiger partial charge in [-0.2, -0.15) is 5.26 Å². The molecule has 25 heavy (non-hydrogen) atoms. The Bertz CT molecular complexity index is 952. The van der Waals surface area contributed by atoms with E-state index in [-0.39, 0.29) is 23.1 Å². The average molecular weight is 354 g/mol. The van der Waals surface area contributed by atoms with E-state index in [1.165, 1.54) is 0 Å². The smallest absolute Gasteiger partial charge is 0.256 e. The fraction of sp³-hybridized carbons (Fsp3) is 0.158. The molecule has 0 spiro atoms. The highest BCUT2D eigenvalue weighted by Gasteiger charge is 2.25. The van der Waals surface area contributed by atoms with E-state index in [4.69, 9.17) is 16.0 Å². The summed E-state index contributed by atoms with van der Waals surface area (Å²) in [5.41, 5.74) is 1.26. The maximum Gasteiger partial charge on any atom is 0.256 e. The van der Waals surface area contributed by atoms with Gasteiger partial charge in [-0.25, -0.2) is 0 Å². The van der Waals surface area contributed by atoms with Crippen molar-refractivity contribution in [3.8, 4) is 12.0 Å². The van der Waals surface area contributed by atoms with E-state index in [1.807, 2.05) is 37.3 Å². The molecule has 1 N–H and O–H groups in total. The minimum absolute atomic E-state index is 0.206. The second-order valence-electron chi connectivity index (χ2n) is 5.63. The third-order valence-corrected chi connectivity index (χ3v) is 4.31. The van der Waals surface area contributed by atoms with Crippen LogP contribution in [-0.2, 0) is 0 Å². The Morgan fingerprint density at radius 3 is 2.60 bits per heavy atom. The number of carbonyl (C=O) groups is 1. The predicted molar refractivity (Wildman–Crippen MR) is 94.8 cm³/mol. The molecule has 6 heteroatoms. The SMILES string of the molecule is Cc1oc(-n2cccc2)c(C#N)c1C(=O)N[C@H](C)c1ccccc1Cl. The molecule has 5 nitrogen and oxygen atoms in total. The molecule has 0 aliphatic rings. The maximum atomic E-state index is 12.7. The van der Waals surface area contributed by atoms with E-state index in [1.54, 1.807) is 30.0 Å². The molecule has 0 fully saturated rings. The molecule has 3 rings (SSSR count). The van der Waals surface area contributed by atoms with Crippen LogP contribution in [0.1, 0.15) is 40.2 Å². The summed E-state index contributed by atoms with van der Waals surface area (Å²) in [5.74, 6) is 0.355. The Labute approximate surface area is 150 Å². The van der Waals surface area contributed by atoms with Gasteiger partial charge in [0, 0.05) is 17.4 Å². The van der Waals surface area contributed by atoms with Crippen molar-refractivity contribution >= 4 is 17.5 Å². The lowest BCUT2D eigenvalue weighted by Gasteiger charge is -2.15. The van der Waals surface area contributed by atoms with E-state index >= 15 is 0 Å². The predicted octanol–water partition coefficient (Wildman–Crippen LogP) is 4.39. The molecule has 0 radical (unpaired) electrons. The van der Waals surface area contributed by atoms with Gasteiger partial charge in [-0.05, 0) is 37.6 Å². The second-order valence-corrected chi connectivity index (χ2v) is 6.04. The number of nitrogens with one attached hydrogen (secondary N) is 1. The number of rotatable bonds is 4. The molecule has 1 aromatic carbocycles. The summed E-state index contributed by atoms with van der Waals surface area (Å²) < 4.78 is 7.33. The van der Waals surface area contributed by atoms with Crippen molar-refractivity contribution < 1.29 is 9.21 Å². The van der Waals surface area contributed by atoms with Crippen LogP contribution in [0.2, 0.25) is 5.02 Å². The number of halogens is 1. The molecule has 0 bridgehead atoms. The lowest BCUT2D eigenvalue weighted by molar-refractivity contribution is 0.0938. The quantitative estimate of drug-likeness (QED) is 0.755. The number of hydrogen-bond donors (Lipinski definition) is 1. The summed E-state index contributed by atoms with van der Waals surface area (Å²) in [6, 6.07) is 12.7. The number of amides is 1. The largest absolute Gasteiger partial charge is 0.443 e. The normalized spacial score (nSPS) is 11.8. The van der Waals surface area contributed by atoms with Crippen LogP contribution >= 0.6 is 11.6 Å². The van der Waals surface area contributed by atoms with Gasteiger partial charge < -0.3 is 9.73 Å². The van der Waals surface area contributed by atoms with Gasteiger partial charge in [0.05, 0.1) is 6.04 Å². The molecule has 0 saturated carbocycles. The highest BCUT2D eigenvalue weighted by Crippen LogP contribution is 2.27. The van der Waals surface area contributed by atoms with Gasteiger partial charge in [-0.1, -0.05) is 29.8 Å². The van der Waals surface area contributed by atoms with Crippen LogP contribution in [0, 0.1) is 18.3 Å². The van der Waals surface area contributed by atoms with Gasteiger partial charge in [0.15, 0.2) is 0 Å². The van der Waals surface area contributed by atoms with E-state index in [2.05, 4.69) is 11.4 Å². The standard InChI is InChI=1S/C19H16ClN3O2/c1-12(14-7-3-4-8-16(14)20)22-18(24)17-13(2)25-19(15(17)11-21)23-9-5-6-10-23/h3-10,12H,1-2H3,(H,22,24)/t12-/m1/s1. The summed E-state index contributed by atoms with van der Waals surface area (Å²) in [4.78, 5) is 12.7. The molecule has 0 unspecified atom stereocenters. The highest BCUT2D eigenvalue weighted by atomic mass is 35.5. The minimum Gasteiger partial charge on any atom is -0.443 e. The number of aryl methyl sites for hydroxylation is 1. The van der Waals surface area contributed by atoms with Gasteiger partial charge in [0.2, 0.25) is 5.88 Å². The zero-order chi connectivity index (χ0) is 18.0. The number of nitriles is 1. The third kappa shape index (κ3) is 3.17. The molecular weight excluding hydrogens is 338 g/mol. The first-order valence-corrected chi connectivity index (χ1v) is 8.12. The van der Waals surface area contributed by atoms with E-state index in [0.29, 0.717) is 16.7 Å². The molecule has 3 aromatic rings. The van der Waals surface area contributed by atoms with Crippen LogP contribution in [0.4, 0.5) is 0 Å². The van der Waals surface area contributed by atoms with Crippen LogP contribution in [0.5, 0.6) is 0 Å². The van der Waals surface area contributed by atoms with Crippen molar-refractivity contribution in [3.05, 3.63) is 76.3 Å². The number of nitrogens with zero attached hydrogens (tertiary/aromatic N) is 2. The molecule has 1 atom stereocenters. The Kier molecular flexibility index (Phi) is 4.64. The average Bonchev–Trinajstić information content (AvgIpc) is 3.22. The topological polar surface area (TPSA) is 71.0 Å². The molecule has 126 valence electrons. The Morgan fingerprint density at radius 1 is 1.28 bits per heavy atom. The summed E-state index contributed by atoms with van der Waals surface area (Å²) in [7, 11) is 0. The van der Waals surface area contributed by atoms with Crippen molar-refractivity contribution in [2.45, 2.75) is 19.9 Å². The third-order valence-electron chi connectivity index (χ3n) is 3.96. The molecular formula is C19H16ClN3O2. The molecule has 0 aliphatic heterocycles. The zero-order valence-electron chi connectivity index (χ0n) is 13.8. The van der Waals surface area contributed by atoms with Crippen molar-refractivity contribution in [1.82, 2.24) is 9.88 Å².